The van der Waals surface area contributed by atoms with Gasteiger partial charge in [-0.05, 0) is 12.1 Å². The van der Waals surface area contributed by atoms with Crippen LogP contribution < -0.4 is 0 Å². The van der Waals surface area contributed by atoms with E-state index in [4.69, 9.17) is 12.2 Å². The fraction of sp³-hybridized carbons (Fsp3) is 0.375. The van der Waals surface area contributed by atoms with Gasteiger partial charge in [0.1, 0.15) is 0 Å². The van der Waals surface area contributed by atoms with E-state index < -0.39 is 0 Å². The predicted molar refractivity (Wildman–Crippen MR) is 47.6 cm³/mol. The molecule has 1 heterocycles. The minimum absolute atomic E-state index is 0.874. The van der Waals surface area contributed by atoms with Crippen molar-refractivity contribution in [2.24, 2.45) is 0 Å². The molecule has 0 saturated heterocycles. The topological polar surface area (TPSA) is 15.8 Å². The maximum atomic E-state index is 4.79. The first-order valence-electron chi connectivity index (χ1n) is 3.44. The number of rotatable bonds is 0. The van der Waals surface area contributed by atoms with E-state index in [-0.39, 0.29) is 0 Å². The fourth-order valence-electron chi connectivity index (χ4n) is 0.372. The van der Waals surface area contributed by atoms with E-state index in [1.54, 1.807) is 0 Å². The fourth-order valence-corrected chi connectivity index (χ4v) is 0.508. The summed E-state index contributed by atoms with van der Waals surface area (Å²) in [5, 5.41) is 0. The van der Waals surface area contributed by atoms with E-state index >= 15 is 0 Å². The van der Waals surface area contributed by atoms with Gasteiger partial charge < -0.3 is 4.98 Å². The lowest BCUT2D eigenvalue weighted by Crippen LogP contribution is -1.62. The zero-order chi connectivity index (χ0) is 7.82. The quantitative estimate of drug-likeness (QED) is 0.569. The molecule has 2 heteroatoms. The van der Waals surface area contributed by atoms with Gasteiger partial charge in [-0.15, -0.1) is 0 Å². The van der Waals surface area contributed by atoms with Crippen LogP contribution in [0.4, 0.5) is 0 Å². The number of pyridine rings is 1. The Morgan fingerprint density at radius 2 is 1.70 bits per heavy atom. The first kappa shape index (κ1) is 9.37. The van der Waals surface area contributed by atoms with Crippen LogP contribution in [0.2, 0.25) is 0 Å². The Bertz CT molecular complexity index is 187. The Morgan fingerprint density at radius 3 is 1.90 bits per heavy atom. The van der Waals surface area contributed by atoms with Crippen molar-refractivity contribution in [3.63, 3.8) is 0 Å². The van der Waals surface area contributed by atoms with Crippen LogP contribution in [0.25, 0.3) is 0 Å². The summed E-state index contributed by atoms with van der Waals surface area (Å²) in [6.07, 6.45) is 4.87. The minimum Gasteiger partial charge on any atom is -0.368 e. The van der Waals surface area contributed by atoms with Crippen molar-refractivity contribution in [2.45, 2.75) is 20.3 Å². The molecule has 1 aromatic heterocycles. The molecule has 0 aromatic carbocycles. The summed E-state index contributed by atoms with van der Waals surface area (Å²) in [4.78, 5) is 2.87. The third kappa shape index (κ3) is 5.51. The third-order valence-electron chi connectivity index (χ3n) is 0.688. The van der Waals surface area contributed by atoms with E-state index in [9.17, 15) is 0 Å². The molecule has 1 aromatic rings. The molecule has 1 nitrogen and oxygen atoms in total. The average Bonchev–Trinajstić information content (AvgIpc) is 1.91. The summed E-state index contributed by atoms with van der Waals surface area (Å²) in [5.74, 6) is 0. The lowest BCUT2D eigenvalue weighted by molar-refractivity contribution is 1.09. The Morgan fingerprint density at radius 1 is 1.30 bits per heavy atom. The van der Waals surface area contributed by atoms with Gasteiger partial charge >= 0.3 is 0 Å². The molecule has 56 valence electrons. The van der Waals surface area contributed by atoms with Gasteiger partial charge in [-0.2, -0.15) is 0 Å². The van der Waals surface area contributed by atoms with Gasteiger partial charge in [-0.25, -0.2) is 0 Å². The van der Waals surface area contributed by atoms with Gasteiger partial charge in [0, 0.05) is 16.9 Å². The first-order chi connectivity index (χ1) is 4.81. The van der Waals surface area contributed by atoms with Gasteiger partial charge in [0.25, 0.3) is 0 Å². The molecule has 0 fully saturated rings. The van der Waals surface area contributed by atoms with Gasteiger partial charge in [-0.1, -0.05) is 32.5 Å². The number of hydrogen-bond donors (Lipinski definition) is 1. The molecule has 0 saturated carbocycles. The summed E-state index contributed by atoms with van der Waals surface area (Å²) in [6.45, 7) is 4.25. The zero-order valence-electron chi connectivity index (χ0n) is 6.42. The summed E-state index contributed by atoms with van der Waals surface area (Å²) >= 11 is 4.79. The van der Waals surface area contributed by atoms with Crippen LogP contribution >= 0.6 is 12.2 Å². The number of nitrogens with one attached hydrogen (secondary N) is 1. The summed E-state index contributed by atoms with van der Waals surface area (Å²) in [6, 6.07) is 3.69. The second-order valence-corrected chi connectivity index (χ2v) is 2.41. The zero-order valence-corrected chi connectivity index (χ0v) is 7.24. The van der Waals surface area contributed by atoms with Crippen LogP contribution in [-0.4, -0.2) is 4.98 Å². The highest BCUT2D eigenvalue weighted by atomic mass is 32.1. The van der Waals surface area contributed by atoms with Crippen LogP contribution in [0.15, 0.2) is 24.5 Å². The third-order valence-corrected chi connectivity index (χ3v) is 0.960. The molecular weight excluding hydrogens is 142 g/mol. The molecule has 0 amide bonds. The Hall–Kier alpha value is -0.630. The van der Waals surface area contributed by atoms with Crippen LogP contribution in [0, 0.1) is 4.51 Å². The molecule has 0 spiro atoms. The highest BCUT2D eigenvalue weighted by molar-refractivity contribution is 7.71. The predicted octanol–water partition coefficient (Wildman–Crippen LogP) is 3.16. The Balaban J connectivity index is 0.000000236. The lowest BCUT2D eigenvalue weighted by atomic mass is 10.5. The highest BCUT2D eigenvalue weighted by Gasteiger charge is 1.66. The average molecular weight is 155 g/mol. The van der Waals surface area contributed by atoms with Crippen LogP contribution in [-0.2, 0) is 0 Å². The second-order valence-electron chi connectivity index (χ2n) is 1.94. The van der Waals surface area contributed by atoms with Gasteiger partial charge in [0.2, 0.25) is 0 Å². The molecule has 0 atom stereocenters. The SMILES string of the molecule is CCC.S=c1cc[nH]cc1. The first-order valence-corrected chi connectivity index (χ1v) is 3.85. The van der Waals surface area contributed by atoms with Crippen LogP contribution in [0.1, 0.15) is 20.3 Å². The molecular formula is C8H13NS. The van der Waals surface area contributed by atoms with E-state index in [0.717, 1.165) is 4.51 Å². The van der Waals surface area contributed by atoms with Crippen molar-refractivity contribution in [1.82, 2.24) is 4.98 Å². The molecule has 0 aliphatic carbocycles. The Kier molecular flexibility index (Phi) is 6.08. The van der Waals surface area contributed by atoms with E-state index in [1.165, 1.54) is 6.42 Å². The summed E-state index contributed by atoms with van der Waals surface area (Å²) in [7, 11) is 0. The van der Waals surface area contributed by atoms with Gasteiger partial charge in [-0.3, -0.25) is 0 Å². The largest absolute Gasteiger partial charge is 0.368 e. The molecule has 10 heavy (non-hydrogen) atoms. The van der Waals surface area contributed by atoms with E-state index in [0.29, 0.717) is 0 Å². The summed E-state index contributed by atoms with van der Waals surface area (Å²) in [5.41, 5.74) is 0. The standard InChI is InChI=1S/C5H5NS.C3H8/c7-5-1-3-6-4-2-5;1-3-2/h1-4H,(H,6,7);3H2,1-2H3. The van der Waals surface area contributed by atoms with Crippen molar-refractivity contribution < 1.29 is 0 Å². The summed E-state index contributed by atoms with van der Waals surface area (Å²) < 4.78 is 0.874. The normalized spacial score (nSPS) is 7.80. The van der Waals surface area contributed by atoms with Crippen LogP contribution in [0.3, 0.4) is 0 Å². The molecule has 0 bridgehead atoms. The molecule has 0 unspecified atom stereocenters. The van der Waals surface area contributed by atoms with E-state index in [1.807, 2.05) is 24.5 Å². The number of aromatic amines is 1. The molecule has 0 aliphatic heterocycles. The van der Waals surface area contributed by atoms with Crippen molar-refractivity contribution in [2.75, 3.05) is 0 Å². The maximum Gasteiger partial charge on any atom is 0.0406 e. The van der Waals surface area contributed by atoms with E-state index in [2.05, 4.69) is 18.8 Å². The van der Waals surface area contributed by atoms with Crippen molar-refractivity contribution >= 4 is 12.2 Å². The molecule has 1 rings (SSSR count). The number of aromatic nitrogens is 1. The monoisotopic (exact) mass is 155 g/mol. The smallest absolute Gasteiger partial charge is 0.0406 e. The molecule has 0 aliphatic rings. The minimum atomic E-state index is 0.874. The van der Waals surface area contributed by atoms with Crippen molar-refractivity contribution in [3.8, 4) is 0 Å². The van der Waals surface area contributed by atoms with Gasteiger partial charge in [0.15, 0.2) is 0 Å². The van der Waals surface area contributed by atoms with Crippen LogP contribution in [0.5, 0.6) is 0 Å². The second kappa shape index (κ2) is 6.49. The maximum absolute atomic E-state index is 4.79. The molecule has 1 N–H and O–H groups in total. The van der Waals surface area contributed by atoms with Crippen molar-refractivity contribution in [1.29, 1.82) is 0 Å². The van der Waals surface area contributed by atoms with Gasteiger partial charge in [0.05, 0.1) is 0 Å². The lowest BCUT2D eigenvalue weighted by Gasteiger charge is -1.75. The van der Waals surface area contributed by atoms with Crippen molar-refractivity contribution in [3.05, 3.63) is 29.0 Å². The highest BCUT2D eigenvalue weighted by Crippen LogP contribution is 1.82. The number of H-pyrrole nitrogens is 1. The molecule has 0 radical (unpaired) electrons. The Labute approximate surface area is 67.1 Å². The number of hydrogen-bond acceptors (Lipinski definition) is 1.